The maximum atomic E-state index is 13.3. The number of anilines is 1. The Balaban J connectivity index is 1.40. The van der Waals surface area contributed by atoms with E-state index in [-0.39, 0.29) is 24.7 Å². The molecule has 5 rings (SSSR count). The number of amides is 1. The summed E-state index contributed by atoms with van der Waals surface area (Å²) in [5.41, 5.74) is -0.140. The number of carbonyl (C=O) groups excluding carboxylic acids is 1. The summed E-state index contributed by atoms with van der Waals surface area (Å²) in [7, 11) is 0. The zero-order valence-corrected chi connectivity index (χ0v) is 17.5. The van der Waals surface area contributed by atoms with Gasteiger partial charge in [-0.25, -0.2) is 13.8 Å². The molecule has 2 aromatic rings. The van der Waals surface area contributed by atoms with E-state index in [1.165, 1.54) is 11.1 Å². The van der Waals surface area contributed by atoms with Crippen molar-refractivity contribution in [2.75, 3.05) is 24.6 Å². The van der Waals surface area contributed by atoms with Crippen molar-refractivity contribution in [3.63, 3.8) is 0 Å². The van der Waals surface area contributed by atoms with Crippen molar-refractivity contribution in [1.82, 2.24) is 20.4 Å². The second-order valence-corrected chi connectivity index (χ2v) is 9.07. The Hall–Kier alpha value is -2.78. The van der Waals surface area contributed by atoms with E-state index in [9.17, 15) is 13.6 Å². The molecule has 8 nitrogen and oxygen atoms in total. The van der Waals surface area contributed by atoms with Crippen LogP contribution in [0.3, 0.4) is 0 Å². The summed E-state index contributed by atoms with van der Waals surface area (Å²) in [5.74, 6) is -1.28. The SMILES string of the molecule is Cc1nc(C(C)(NC(=O)c2ncc(N3CC(F)(F)C3)cc2OCC2CC2)C2CC2)no1. The quantitative estimate of drug-likeness (QED) is 0.684. The first-order valence-electron chi connectivity index (χ1n) is 10.6. The van der Waals surface area contributed by atoms with Crippen LogP contribution >= 0.6 is 0 Å². The van der Waals surface area contributed by atoms with Gasteiger partial charge in [0.1, 0.15) is 5.54 Å². The molecule has 0 spiro atoms. The number of aryl methyl sites for hydroxylation is 1. The molecule has 2 aromatic heterocycles. The molecule has 1 amide bonds. The number of ether oxygens (including phenoxy) is 1. The Labute approximate surface area is 178 Å². The van der Waals surface area contributed by atoms with Crippen molar-refractivity contribution in [2.45, 2.75) is 51.0 Å². The molecule has 3 aliphatic rings. The Morgan fingerprint density at radius 2 is 2.10 bits per heavy atom. The van der Waals surface area contributed by atoms with Gasteiger partial charge in [0, 0.05) is 13.0 Å². The largest absolute Gasteiger partial charge is 0.491 e. The van der Waals surface area contributed by atoms with Crippen LogP contribution in [-0.2, 0) is 5.54 Å². The lowest BCUT2D eigenvalue weighted by atomic mass is 9.94. The lowest BCUT2D eigenvalue weighted by Gasteiger charge is -2.40. The smallest absolute Gasteiger partial charge is 0.282 e. The van der Waals surface area contributed by atoms with Crippen LogP contribution in [0, 0.1) is 18.8 Å². The second kappa shape index (κ2) is 7.13. The average molecular weight is 433 g/mol. The Kier molecular flexibility index (Phi) is 4.63. The number of hydrogen-bond donors (Lipinski definition) is 1. The minimum absolute atomic E-state index is 0.128. The van der Waals surface area contributed by atoms with E-state index < -0.39 is 17.4 Å². The lowest BCUT2D eigenvalue weighted by molar-refractivity contribution is -0.0263. The molecule has 10 heteroatoms. The number of pyridine rings is 1. The van der Waals surface area contributed by atoms with Gasteiger partial charge in [0.2, 0.25) is 5.89 Å². The molecule has 1 unspecified atom stereocenters. The van der Waals surface area contributed by atoms with Gasteiger partial charge in [0.05, 0.1) is 31.6 Å². The Bertz CT molecular complexity index is 997. The van der Waals surface area contributed by atoms with E-state index in [1.54, 1.807) is 13.0 Å². The van der Waals surface area contributed by atoms with Crippen LogP contribution in [0.1, 0.15) is 54.8 Å². The summed E-state index contributed by atoms with van der Waals surface area (Å²) < 4.78 is 37.6. The normalized spacial score (nSPS) is 21.9. The molecule has 31 heavy (non-hydrogen) atoms. The maximum Gasteiger partial charge on any atom is 0.282 e. The van der Waals surface area contributed by atoms with E-state index in [4.69, 9.17) is 9.26 Å². The second-order valence-electron chi connectivity index (χ2n) is 9.07. The highest BCUT2D eigenvalue weighted by atomic mass is 19.3. The summed E-state index contributed by atoms with van der Waals surface area (Å²) in [5, 5.41) is 7.06. The fraction of sp³-hybridized carbons (Fsp3) is 0.619. The van der Waals surface area contributed by atoms with Crippen molar-refractivity contribution in [1.29, 1.82) is 0 Å². The highest BCUT2D eigenvalue weighted by Gasteiger charge is 2.48. The third-order valence-corrected chi connectivity index (χ3v) is 6.19. The zero-order valence-electron chi connectivity index (χ0n) is 17.5. The van der Waals surface area contributed by atoms with Gasteiger partial charge in [0.25, 0.3) is 11.8 Å². The predicted octanol–water partition coefficient (Wildman–Crippen LogP) is 3.07. The van der Waals surface area contributed by atoms with Gasteiger partial charge in [-0.2, -0.15) is 4.98 Å². The molecule has 1 saturated heterocycles. The number of halogens is 2. The lowest BCUT2D eigenvalue weighted by Crippen LogP contribution is -2.56. The van der Waals surface area contributed by atoms with Crippen molar-refractivity contribution in [2.24, 2.45) is 11.8 Å². The average Bonchev–Trinajstić information content (AvgIpc) is 3.62. The van der Waals surface area contributed by atoms with Gasteiger partial charge >= 0.3 is 0 Å². The highest BCUT2D eigenvalue weighted by molar-refractivity contribution is 5.96. The van der Waals surface area contributed by atoms with Crippen LogP contribution < -0.4 is 15.0 Å². The van der Waals surface area contributed by atoms with Gasteiger partial charge < -0.3 is 19.5 Å². The Morgan fingerprint density at radius 1 is 1.35 bits per heavy atom. The fourth-order valence-corrected chi connectivity index (χ4v) is 3.88. The topological polar surface area (TPSA) is 93.4 Å². The van der Waals surface area contributed by atoms with Crippen molar-refractivity contribution >= 4 is 11.6 Å². The molecule has 1 aliphatic heterocycles. The van der Waals surface area contributed by atoms with Crippen molar-refractivity contribution < 1.29 is 22.8 Å². The highest BCUT2D eigenvalue weighted by Crippen LogP contribution is 2.45. The van der Waals surface area contributed by atoms with E-state index in [1.807, 2.05) is 6.92 Å². The van der Waals surface area contributed by atoms with Crippen molar-refractivity contribution in [3.05, 3.63) is 29.7 Å². The number of nitrogens with one attached hydrogen (secondary N) is 1. The van der Waals surface area contributed by atoms with Crippen LogP contribution in [0.15, 0.2) is 16.8 Å². The van der Waals surface area contributed by atoms with Crippen molar-refractivity contribution in [3.8, 4) is 5.75 Å². The summed E-state index contributed by atoms with van der Waals surface area (Å²) in [6, 6.07) is 1.63. The van der Waals surface area contributed by atoms with Gasteiger partial charge in [-0.15, -0.1) is 0 Å². The molecule has 2 aliphatic carbocycles. The monoisotopic (exact) mass is 433 g/mol. The number of carbonyl (C=O) groups is 1. The van der Waals surface area contributed by atoms with Crippen LogP contribution in [0.4, 0.5) is 14.5 Å². The molecule has 0 aromatic carbocycles. The van der Waals surface area contributed by atoms with Gasteiger partial charge in [-0.3, -0.25) is 4.79 Å². The third kappa shape index (κ3) is 4.07. The van der Waals surface area contributed by atoms with E-state index in [0.717, 1.165) is 25.7 Å². The number of rotatable bonds is 8. The maximum absolute atomic E-state index is 13.3. The zero-order chi connectivity index (χ0) is 21.8. The molecule has 2 saturated carbocycles. The van der Waals surface area contributed by atoms with E-state index in [2.05, 4.69) is 20.4 Å². The molecule has 3 fully saturated rings. The number of alkyl halides is 2. The van der Waals surface area contributed by atoms with Crippen LogP contribution in [-0.4, -0.2) is 46.7 Å². The van der Waals surface area contributed by atoms with Gasteiger partial charge in [-0.1, -0.05) is 5.16 Å². The molecule has 1 atom stereocenters. The third-order valence-electron chi connectivity index (χ3n) is 6.19. The first kappa shape index (κ1) is 20.1. The van der Waals surface area contributed by atoms with E-state index >= 15 is 0 Å². The van der Waals surface area contributed by atoms with Crippen LogP contribution in [0.25, 0.3) is 0 Å². The predicted molar refractivity (Wildman–Crippen MR) is 106 cm³/mol. The van der Waals surface area contributed by atoms with Gasteiger partial charge in [-0.05, 0) is 44.4 Å². The molecule has 166 valence electrons. The molecular weight excluding hydrogens is 408 g/mol. The fourth-order valence-electron chi connectivity index (χ4n) is 3.88. The summed E-state index contributed by atoms with van der Waals surface area (Å²) in [6.45, 7) is 3.34. The molecule has 3 heterocycles. The summed E-state index contributed by atoms with van der Waals surface area (Å²) in [4.78, 5) is 23.4. The molecular formula is C21H25F2N5O3. The molecule has 0 radical (unpaired) electrons. The number of aromatic nitrogens is 3. The van der Waals surface area contributed by atoms with Crippen LogP contribution in [0.5, 0.6) is 5.75 Å². The minimum Gasteiger partial charge on any atom is -0.491 e. The standard InChI is InChI=1S/C21H25F2N5O3/c1-12-25-19(27-31-12)20(2,14-5-6-14)26-18(29)17-16(30-9-13-3-4-13)7-15(8-24-17)28-10-21(22,23)11-28/h7-8,13-14H,3-6,9-11H2,1-2H3,(H,26,29). The number of hydrogen-bond acceptors (Lipinski definition) is 7. The summed E-state index contributed by atoms with van der Waals surface area (Å²) in [6.07, 6.45) is 5.52. The first-order valence-corrected chi connectivity index (χ1v) is 10.6. The number of nitrogens with zero attached hydrogens (tertiary/aromatic N) is 4. The molecule has 0 bridgehead atoms. The Morgan fingerprint density at radius 3 is 2.68 bits per heavy atom. The van der Waals surface area contributed by atoms with E-state index in [0.29, 0.717) is 35.7 Å². The van der Waals surface area contributed by atoms with Gasteiger partial charge in [0.15, 0.2) is 17.3 Å². The molecule has 1 N–H and O–H groups in total. The van der Waals surface area contributed by atoms with Crippen LogP contribution in [0.2, 0.25) is 0 Å². The summed E-state index contributed by atoms with van der Waals surface area (Å²) >= 11 is 0. The first-order chi connectivity index (χ1) is 14.7. The minimum atomic E-state index is -2.69.